The molecular formula is C15H12N2O3S. The zero-order valence-electron chi connectivity index (χ0n) is 11.2. The first-order valence-electron chi connectivity index (χ1n) is 6.37. The predicted molar refractivity (Wildman–Crippen MR) is 77.9 cm³/mol. The van der Waals surface area contributed by atoms with Crippen LogP contribution in [-0.2, 0) is 4.74 Å². The molecule has 1 aromatic carbocycles. The lowest BCUT2D eigenvalue weighted by Gasteiger charge is -2.07. The molecule has 2 heterocycles. The van der Waals surface area contributed by atoms with Crippen LogP contribution in [0.15, 0.2) is 52.3 Å². The van der Waals surface area contributed by atoms with Crippen LogP contribution in [0.3, 0.4) is 0 Å². The van der Waals surface area contributed by atoms with Gasteiger partial charge in [-0.15, -0.1) is 21.5 Å². The fourth-order valence-corrected chi connectivity index (χ4v) is 2.37. The van der Waals surface area contributed by atoms with Crippen LogP contribution in [0, 0.1) is 0 Å². The molecule has 0 spiro atoms. The highest BCUT2D eigenvalue weighted by atomic mass is 32.1. The highest BCUT2D eigenvalue weighted by Gasteiger charge is 2.20. The van der Waals surface area contributed by atoms with Crippen LogP contribution in [0.25, 0.3) is 11.5 Å². The van der Waals surface area contributed by atoms with Crippen molar-refractivity contribution in [2.75, 3.05) is 0 Å². The summed E-state index contributed by atoms with van der Waals surface area (Å²) in [6.07, 6.45) is -0.593. The predicted octanol–water partition coefficient (Wildman–Crippen LogP) is 3.72. The fourth-order valence-electron chi connectivity index (χ4n) is 1.76. The molecule has 0 bridgehead atoms. The molecule has 21 heavy (non-hydrogen) atoms. The van der Waals surface area contributed by atoms with Crippen molar-refractivity contribution in [3.8, 4) is 11.5 Å². The minimum Gasteiger partial charge on any atom is -0.448 e. The van der Waals surface area contributed by atoms with Crippen molar-refractivity contribution in [3.63, 3.8) is 0 Å². The number of esters is 1. The van der Waals surface area contributed by atoms with Crippen LogP contribution >= 0.6 is 11.3 Å². The van der Waals surface area contributed by atoms with E-state index in [1.54, 1.807) is 19.1 Å². The number of carbonyl (C=O) groups excluding carboxylic acids is 1. The smallest absolute Gasteiger partial charge is 0.349 e. The molecule has 0 amide bonds. The van der Waals surface area contributed by atoms with Crippen molar-refractivity contribution in [1.82, 2.24) is 10.2 Å². The molecule has 0 fully saturated rings. The van der Waals surface area contributed by atoms with Crippen molar-refractivity contribution in [3.05, 3.63) is 58.6 Å². The van der Waals surface area contributed by atoms with Gasteiger partial charge >= 0.3 is 5.97 Å². The van der Waals surface area contributed by atoms with Crippen LogP contribution in [0.2, 0.25) is 0 Å². The van der Waals surface area contributed by atoms with E-state index >= 15 is 0 Å². The monoisotopic (exact) mass is 300 g/mol. The third-order valence-corrected chi connectivity index (χ3v) is 3.67. The first-order valence-corrected chi connectivity index (χ1v) is 7.25. The van der Waals surface area contributed by atoms with Crippen LogP contribution in [0.4, 0.5) is 0 Å². The Morgan fingerprint density at radius 1 is 1.19 bits per heavy atom. The summed E-state index contributed by atoms with van der Waals surface area (Å²) >= 11 is 1.33. The van der Waals surface area contributed by atoms with E-state index in [2.05, 4.69) is 10.2 Å². The second-order valence-electron chi connectivity index (χ2n) is 4.34. The SMILES string of the molecule is C[C@H](OC(=O)c1cccs1)c1nnc(-c2ccccc2)o1. The van der Waals surface area contributed by atoms with Gasteiger partial charge in [0, 0.05) is 5.56 Å². The summed E-state index contributed by atoms with van der Waals surface area (Å²) in [5, 5.41) is 9.73. The van der Waals surface area contributed by atoms with E-state index in [1.807, 2.05) is 35.7 Å². The number of aromatic nitrogens is 2. The molecule has 0 aliphatic heterocycles. The van der Waals surface area contributed by atoms with Crippen molar-refractivity contribution >= 4 is 17.3 Å². The van der Waals surface area contributed by atoms with E-state index in [9.17, 15) is 4.79 Å². The second kappa shape index (κ2) is 5.88. The van der Waals surface area contributed by atoms with Gasteiger partial charge in [0.1, 0.15) is 4.88 Å². The quantitative estimate of drug-likeness (QED) is 0.687. The van der Waals surface area contributed by atoms with Gasteiger partial charge in [-0.25, -0.2) is 4.79 Å². The third-order valence-electron chi connectivity index (χ3n) is 2.82. The Bertz CT molecular complexity index is 722. The van der Waals surface area contributed by atoms with Crippen LogP contribution in [0.1, 0.15) is 28.6 Å². The van der Waals surface area contributed by atoms with E-state index in [4.69, 9.17) is 9.15 Å². The molecule has 2 aromatic heterocycles. The summed E-state index contributed by atoms with van der Waals surface area (Å²) in [6.45, 7) is 1.70. The van der Waals surface area contributed by atoms with Gasteiger partial charge in [-0.05, 0) is 30.5 Å². The standard InChI is InChI=1S/C15H12N2O3S/c1-10(19-15(18)12-8-5-9-21-12)13-16-17-14(20-13)11-6-3-2-4-7-11/h2-10H,1H3/t10-/m0/s1. The molecule has 5 nitrogen and oxygen atoms in total. The maximum absolute atomic E-state index is 11.9. The number of hydrogen-bond acceptors (Lipinski definition) is 6. The summed E-state index contributed by atoms with van der Waals surface area (Å²) in [5.74, 6) is 0.292. The molecule has 0 saturated heterocycles. The van der Waals surface area contributed by atoms with Gasteiger partial charge in [-0.3, -0.25) is 0 Å². The Kier molecular flexibility index (Phi) is 3.79. The average Bonchev–Trinajstić information content (AvgIpc) is 3.20. The molecule has 3 rings (SSSR count). The normalized spacial score (nSPS) is 12.0. The second-order valence-corrected chi connectivity index (χ2v) is 5.28. The molecule has 0 unspecified atom stereocenters. The summed E-state index contributed by atoms with van der Waals surface area (Å²) < 4.78 is 10.9. The lowest BCUT2D eigenvalue weighted by atomic mass is 10.2. The Morgan fingerprint density at radius 3 is 2.71 bits per heavy atom. The Hall–Kier alpha value is -2.47. The first kappa shape index (κ1) is 13.5. The molecule has 6 heteroatoms. The van der Waals surface area contributed by atoms with Gasteiger partial charge in [-0.2, -0.15) is 0 Å². The minimum atomic E-state index is -0.593. The van der Waals surface area contributed by atoms with Crippen LogP contribution in [0.5, 0.6) is 0 Å². The zero-order chi connectivity index (χ0) is 14.7. The molecule has 1 atom stereocenters. The van der Waals surface area contributed by atoms with E-state index in [0.717, 1.165) is 5.56 Å². The lowest BCUT2D eigenvalue weighted by molar-refractivity contribution is 0.0285. The maximum atomic E-state index is 11.9. The lowest BCUT2D eigenvalue weighted by Crippen LogP contribution is -2.08. The van der Waals surface area contributed by atoms with Crippen molar-refractivity contribution in [2.24, 2.45) is 0 Å². The molecule has 106 valence electrons. The number of thiophene rings is 1. The summed E-state index contributed by atoms with van der Waals surface area (Å²) in [4.78, 5) is 12.4. The summed E-state index contributed by atoms with van der Waals surface area (Å²) in [7, 11) is 0. The maximum Gasteiger partial charge on any atom is 0.349 e. The van der Waals surface area contributed by atoms with Gasteiger partial charge in [-0.1, -0.05) is 24.3 Å². The summed E-state index contributed by atoms with van der Waals surface area (Å²) in [6, 6.07) is 12.9. The molecule has 0 aliphatic carbocycles. The van der Waals surface area contributed by atoms with Gasteiger partial charge < -0.3 is 9.15 Å². The Morgan fingerprint density at radius 2 is 2.00 bits per heavy atom. The highest BCUT2D eigenvalue weighted by molar-refractivity contribution is 7.11. The highest BCUT2D eigenvalue weighted by Crippen LogP contribution is 2.23. The number of hydrogen-bond donors (Lipinski definition) is 0. The number of ether oxygens (including phenoxy) is 1. The fraction of sp³-hybridized carbons (Fsp3) is 0.133. The van der Waals surface area contributed by atoms with Crippen LogP contribution in [-0.4, -0.2) is 16.2 Å². The Labute approximate surface area is 125 Å². The topological polar surface area (TPSA) is 65.2 Å². The van der Waals surface area contributed by atoms with Gasteiger partial charge in [0.15, 0.2) is 6.10 Å². The van der Waals surface area contributed by atoms with Crippen molar-refractivity contribution < 1.29 is 13.9 Å². The van der Waals surface area contributed by atoms with E-state index in [0.29, 0.717) is 10.8 Å². The molecule has 3 aromatic rings. The average molecular weight is 300 g/mol. The summed E-state index contributed by atoms with van der Waals surface area (Å²) in [5.41, 5.74) is 0.827. The molecule has 0 aliphatic rings. The molecule has 0 saturated carbocycles. The molecule has 0 radical (unpaired) electrons. The van der Waals surface area contributed by atoms with Crippen LogP contribution < -0.4 is 0 Å². The zero-order valence-corrected chi connectivity index (χ0v) is 12.0. The number of rotatable bonds is 4. The number of carbonyl (C=O) groups is 1. The van der Waals surface area contributed by atoms with Gasteiger partial charge in [0.25, 0.3) is 5.89 Å². The largest absolute Gasteiger partial charge is 0.448 e. The number of benzene rings is 1. The number of nitrogens with zero attached hydrogens (tertiary/aromatic N) is 2. The molecule has 0 N–H and O–H groups in total. The van der Waals surface area contributed by atoms with Gasteiger partial charge in [0.2, 0.25) is 5.89 Å². The first-order chi connectivity index (χ1) is 10.2. The molecular weight excluding hydrogens is 288 g/mol. The van der Waals surface area contributed by atoms with E-state index < -0.39 is 12.1 Å². The Balaban J connectivity index is 1.73. The van der Waals surface area contributed by atoms with E-state index in [1.165, 1.54) is 11.3 Å². The minimum absolute atomic E-state index is 0.277. The van der Waals surface area contributed by atoms with E-state index in [-0.39, 0.29) is 5.89 Å². The van der Waals surface area contributed by atoms with Crippen molar-refractivity contribution in [2.45, 2.75) is 13.0 Å². The third kappa shape index (κ3) is 3.00. The van der Waals surface area contributed by atoms with Crippen molar-refractivity contribution in [1.29, 1.82) is 0 Å². The van der Waals surface area contributed by atoms with Gasteiger partial charge in [0.05, 0.1) is 0 Å².